The van der Waals surface area contributed by atoms with Crippen molar-refractivity contribution in [1.29, 1.82) is 0 Å². The van der Waals surface area contributed by atoms with Crippen molar-refractivity contribution in [3.05, 3.63) is 60.7 Å². The Kier molecular flexibility index (Phi) is 6.56. The van der Waals surface area contributed by atoms with E-state index in [0.29, 0.717) is 6.61 Å². The van der Waals surface area contributed by atoms with Gasteiger partial charge in [0, 0.05) is 12.0 Å². The molecule has 0 aliphatic heterocycles. The van der Waals surface area contributed by atoms with Gasteiger partial charge < -0.3 is 9.22 Å². The summed E-state index contributed by atoms with van der Waals surface area (Å²) in [5.74, 6) is 0. The van der Waals surface area contributed by atoms with Crippen LogP contribution in [0, 0.1) is 5.41 Å². The van der Waals surface area contributed by atoms with Gasteiger partial charge in [-0.15, -0.1) is 0 Å². The molecule has 0 radical (unpaired) electrons. The molecule has 0 saturated heterocycles. The topological polar surface area (TPSA) is 26.3 Å². The number of hydrogen-bond acceptors (Lipinski definition) is 2. The van der Waals surface area contributed by atoms with Crippen LogP contribution in [0.2, 0.25) is 5.04 Å². The van der Waals surface area contributed by atoms with E-state index in [9.17, 15) is 4.79 Å². The van der Waals surface area contributed by atoms with Crippen molar-refractivity contribution in [3.8, 4) is 0 Å². The highest BCUT2D eigenvalue weighted by Gasteiger charge is 2.50. The number of aldehydes is 1. The van der Waals surface area contributed by atoms with Crippen LogP contribution in [0.3, 0.4) is 0 Å². The zero-order valence-corrected chi connectivity index (χ0v) is 18.6. The molecule has 0 bridgehead atoms. The van der Waals surface area contributed by atoms with E-state index < -0.39 is 8.32 Å². The molecule has 28 heavy (non-hydrogen) atoms. The van der Waals surface area contributed by atoms with Crippen LogP contribution in [0.25, 0.3) is 0 Å². The maximum atomic E-state index is 11.9. The Balaban J connectivity index is 1.95. The van der Waals surface area contributed by atoms with Gasteiger partial charge >= 0.3 is 0 Å². The quantitative estimate of drug-likeness (QED) is 0.482. The molecule has 150 valence electrons. The highest BCUT2D eigenvalue weighted by Crippen LogP contribution is 2.40. The molecule has 0 heterocycles. The fourth-order valence-electron chi connectivity index (χ4n) is 4.85. The highest BCUT2D eigenvalue weighted by molar-refractivity contribution is 6.99. The van der Waals surface area contributed by atoms with Crippen LogP contribution in [-0.4, -0.2) is 21.2 Å². The summed E-state index contributed by atoms with van der Waals surface area (Å²) in [6.45, 7) is 7.55. The zero-order valence-electron chi connectivity index (χ0n) is 17.6. The molecule has 0 spiro atoms. The Labute approximate surface area is 171 Å². The smallest absolute Gasteiger partial charge is 0.261 e. The average molecular weight is 395 g/mol. The van der Waals surface area contributed by atoms with Crippen molar-refractivity contribution in [3.63, 3.8) is 0 Å². The fraction of sp³-hybridized carbons (Fsp3) is 0.480. The molecule has 1 fully saturated rings. The molecule has 0 amide bonds. The van der Waals surface area contributed by atoms with E-state index in [4.69, 9.17) is 4.43 Å². The van der Waals surface area contributed by atoms with Crippen LogP contribution in [0.5, 0.6) is 0 Å². The third-order valence-corrected chi connectivity index (χ3v) is 11.5. The Bertz CT molecular complexity index is 704. The van der Waals surface area contributed by atoms with Gasteiger partial charge in [-0.1, -0.05) is 101 Å². The standard InChI is InChI=1S/C25H34O2Si/c1-24(2,3)28(22-13-7-4-8-14-22,23-15-9-5-10-16-23)27-20-19-25(21-26)17-11-6-12-18-25/h4-5,7-10,13-16,21H,6,11-12,17-20H2,1-3H3. The van der Waals surface area contributed by atoms with Crippen molar-refractivity contribution in [2.45, 2.75) is 64.3 Å². The summed E-state index contributed by atoms with van der Waals surface area (Å²) in [6, 6.07) is 21.5. The summed E-state index contributed by atoms with van der Waals surface area (Å²) < 4.78 is 6.98. The van der Waals surface area contributed by atoms with E-state index in [0.717, 1.165) is 32.1 Å². The molecule has 0 unspecified atom stereocenters. The lowest BCUT2D eigenvalue weighted by molar-refractivity contribution is -0.118. The van der Waals surface area contributed by atoms with E-state index in [2.05, 4.69) is 81.4 Å². The molecule has 1 aliphatic carbocycles. The van der Waals surface area contributed by atoms with Crippen LogP contribution in [-0.2, 0) is 9.22 Å². The minimum absolute atomic E-state index is 0.0172. The average Bonchev–Trinajstić information content (AvgIpc) is 2.72. The second-order valence-corrected chi connectivity index (χ2v) is 13.6. The van der Waals surface area contributed by atoms with Gasteiger partial charge in [0.1, 0.15) is 6.29 Å². The van der Waals surface area contributed by atoms with Crippen LogP contribution >= 0.6 is 0 Å². The van der Waals surface area contributed by atoms with E-state index in [-0.39, 0.29) is 10.5 Å². The minimum Gasteiger partial charge on any atom is -0.407 e. The van der Waals surface area contributed by atoms with Crippen LogP contribution < -0.4 is 10.4 Å². The third kappa shape index (κ3) is 4.16. The van der Waals surface area contributed by atoms with E-state index in [1.807, 2.05) is 0 Å². The summed E-state index contributed by atoms with van der Waals surface area (Å²) in [5.41, 5.74) is -0.177. The molecule has 1 aliphatic rings. The number of carbonyl (C=O) groups is 1. The summed E-state index contributed by atoms with van der Waals surface area (Å²) in [6.07, 6.45) is 7.67. The van der Waals surface area contributed by atoms with Crippen LogP contribution in [0.15, 0.2) is 60.7 Å². The summed E-state index contributed by atoms with van der Waals surface area (Å²) in [7, 11) is -2.50. The van der Waals surface area contributed by atoms with Crippen molar-refractivity contribution in [2.24, 2.45) is 5.41 Å². The van der Waals surface area contributed by atoms with Crippen LogP contribution in [0.1, 0.15) is 59.3 Å². The zero-order chi connectivity index (χ0) is 20.1. The molecule has 3 rings (SSSR count). The largest absolute Gasteiger partial charge is 0.407 e. The SMILES string of the molecule is CC(C)(C)[Si](OCCC1(C=O)CCCCC1)(c1ccccc1)c1ccccc1. The van der Waals surface area contributed by atoms with E-state index >= 15 is 0 Å². The summed E-state index contributed by atoms with van der Waals surface area (Å²) >= 11 is 0. The van der Waals surface area contributed by atoms with Crippen molar-refractivity contribution in [1.82, 2.24) is 0 Å². The monoisotopic (exact) mass is 394 g/mol. The van der Waals surface area contributed by atoms with Gasteiger partial charge in [0.25, 0.3) is 8.32 Å². The Morgan fingerprint density at radius 1 is 0.893 bits per heavy atom. The maximum Gasteiger partial charge on any atom is 0.261 e. The Hall–Kier alpha value is -1.71. The molecular formula is C25H34O2Si. The molecule has 0 atom stereocenters. The van der Waals surface area contributed by atoms with E-state index in [1.54, 1.807) is 0 Å². The van der Waals surface area contributed by atoms with Gasteiger partial charge in [-0.25, -0.2) is 0 Å². The van der Waals surface area contributed by atoms with Gasteiger partial charge in [0.15, 0.2) is 0 Å². The summed E-state index contributed by atoms with van der Waals surface area (Å²) in [4.78, 5) is 11.9. The summed E-state index contributed by atoms with van der Waals surface area (Å²) in [5, 5.41) is 2.59. The van der Waals surface area contributed by atoms with Gasteiger partial charge in [0.05, 0.1) is 0 Å². The Morgan fingerprint density at radius 3 is 1.82 bits per heavy atom. The first kappa shape index (κ1) is 21.0. The minimum atomic E-state index is -2.50. The first-order chi connectivity index (χ1) is 13.4. The normalized spacial score (nSPS) is 17.2. The molecule has 2 nitrogen and oxygen atoms in total. The molecule has 2 aromatic carbocycles. The first-order valence-electron chi connectivity index (χ1n) is 10.6. The number of hydrogen-bond donors (Lipinski definition) is 0. The molecular weight excluding hydrogens is 360 g/mol. The molecule has 3 heteroatoms. The molecule has 1 saturated carbocycles. The van der Waals surface area contributed by atoms with E-state index in [1.165, 1.54) is 23.1 Å². The lowest BCUT2D eigenvalue weighted by atomic mass is 9.73. The third-order valence-electron chi connectivity index (χ3n) is 6.43. The fourth-order valence-corrected chi connectivity index (χ4v) is 9.42. The highest BCUT2D eigenvalue weighted by atomic mass is 28.4. The van der Waals surface area contributed by atoms with Crippen molar-refractivity contribution >= 4 is 25.0 Å². The van der Waals surface area contributed by atoms with Gasteiger partial charge in [-0.05, 0) is 34.7 Å². The maximum absolute atomic E-state index is 11.9. The van der Waals surface area contributed by atoms with Gasteiger partial charge in [0.2, 0.25) is 0 Å². The molecule has 2 aromatic rings. The predicted octanol–water partition coefficient (Wildman–Crippen LogP) is 5.10. The number of carbonyl (C=O) groups excluding carboxylic acids is 1. The second kappa shape index (κ2) is 8.75. The predicted molar refractivity (Wildman–Crippen MR) is 120 cm³/mol. The number of benzene rings is 2. The molecule has 0 N–H and O–H groups in total. The molecule has 0 aromatic heterocycles. The van der Waals surface area contributed by atoms with Crippen molar-refractivity contribution < 1.29 is 9.22 Å². The van der Waals surface area contributed by atoms with Crippen LogP contribution in [0.4, 0.5) is 0 Å². The van der Waals surface area contributed by atoms with Crippen molar-refractivity contribution in [2.75, 3.05) is 6.61 Å². The Morgan fingerprint density at radius 2 is 1.39 bits per heavy atom. The second-order valence-electron chi connectivity index (χ2n) is 9.30. The van der Waals surface area contributed by atoms with Gasteiger partial charge in [-0.3, -0.25) is 0 Å². The lowest BCUT2D eigenvalue weighted by Gasteiger charge is -2.44. The first-order valence-corrected chi connectivity index (χ1v) is 12.6. The number of rotatable bonds is 7. The van der Waals surface area contributed by atoms with Gasteiger partial charge in [-0.2, -0.15) is 0 Å². The lowest BCUT2D eigenvalue weighted by Crippen LogP contribution is -2.66.